The molecule has 0 bridgehead atoms. The third-order valence-corrected chi connectivity index (χ3v) is 5.06. The van der Waals surface area contributed by atoms with Crippen molar-refractivity contribution in [3.05, 3.63) is 57.9 Å². The maximum absolute atomic E-state index is 13.0. The van der Waals surface area contributed by atoms with Crippen molar-refractivity contribution >= 4 is 18.1 Å². The Morgan fingerprint density at radius 3 is 2.83 bits per heavy atom. The number of H-pyrrole nitrogens is 1. The Morgan fingerprint density at radius 2 is 2.14 bits per heavy atom. The summed E-state index contributed by atoms with van der Waals surface area (Å²) in [5.41, 5.74) is 0.155. The van der Waals surface area contributed by atoms with Gasteiger partial charge in [-0.2, -0.15) is 23.4 Å². The van der Waals surface area contributed by atoms with Crippen molar-refractivity contribution in [1.29, 1.82) is 0 Å². The highest BCUT2D eigenvalue weighted by atomic mass is 32.1. The number of nitrogens with one attached hydrogen (secondary N) is 2. The molecule has 0 spiro atoms. The van der Waals surface area contributed by atoms with Crippen molar-refractivity contribution in [1.82, 2.24) is 29.9 Å². The Kier molecular flexibility index (Phi) is 4.77. The molecule has 4 rings (SSSR count). The number of carbonyl (C=O) groups excluding carboxylic acids is 1. The first-order chi connectivity index (χ1) is 13.8. The summed E-state index contributed by atoms with van der Waals surface area (Å²) in [7, 11) is 0. The smallest absolute Gasteiger partial charge is 0.345 e. The molecule has 11 heteroatoms. The van der Waals surface area contributed by atoms with Gasteiger partial charge in [-0.3, -0.25) is 14.5 Å². The van der Waals surface area contributed by atoms with Gasteiger partial charge in [-0.15, -0.1) is 0 Å². The van der Waals surface area contributed by atoms with Crippen molar-refractivity contribution in [2.45, 2.75) is 38.5 Å². The SMILES string of the molecule is Cc1c(C(=O)NCc2n[nH]c(=S)n2C2CC2)cnn1-c1cccc(C(F)(F)F)c1. The van der Waals surface area contributed by atoms with Crippen LogP contribution in [0, 0.1) is 11.7 Å². The number of halogens is 3. The second-order valence-corrected chi connectivity index (χ2v) is 7.22. The molecule has 152 valence electrons. The lowest BCUT2D eigenvalue weighted by Gasteiger charge is -2.10. The van der Waals surface area contributed by atoms with Gasteiger partial charge in [0.05, 0.1) is 35.2 Å². The highest BCUT2D eigenvalue weighted by Crippen LogP contribution is 2.35. The van der Waals surface area contributed by atoms with Crippen LogP contribution in [0.4, 0.5) is 13.2 Å². The minimum absolute atomic E-state index is 0.177. The van der Waals surface area contributed by atoms with Crippen molar-refractivity contribution in [2.24, 2.45) is 0 Å². The molecular formula is C18H17F3N6OS. The molecule has 0 radical (unpaired) electrons. The average Bonchev–Trinajstić information content (AvgIpc) is 3.33. The summed E-state index contributed by atoms with van der Waals surface area (Å²) >= 11 is 5.22. The normalized spacial score (nSPS) is 14.2. The predicted molar refractivity (Wildman–Crippen MR) is 100 cm³/mol. The summed E-state index contributed by atoms with van der Waals surface area (Å²) in [4.78, 5) is 12.6. The van der Waals surface area contributed by atoms with E-state index in [1.54, 1.807) is 6.92 Å². The van der Waals surface area contributed by atoms with Crippen LogP contribution in [0.3, 0.4) is 0 Å². The molecule has 7 nitrogen and oxygen atoms in total. The van der Waals surface area contributed by atoms with E-state index in [4.69, 9.17) is 12.2 Å². The third kappa shape index (κ3) is 3.82. The summed E-state index contributed by atoms with van der Waals surface area (Å²) in [6.45, 7) is 1.80. The quantitative estimate of drug-likeness (QED) is 0.614. The molecule has 1 fully saturated rings. The topological polar surface area (TPSA) is 80.5 Å². The van der Waals surface area contributed by atoms with E-state index in [1.807, 2.05) is 4.57 Å². The van der Waals surface area contributed by atoms with Crippen LogP contribution in [0.5, 0.6) is 0 Å². The van der Waals surface area contributed by atoms with E-state index in [0.717, 1.165) is 25.0 Å². The van der Waals surface area contributed by atoms with Gasteiger partial charge in [0, 0.05) is 6.04 Å². The van der Waals surface area contributed by atoms with Gasteiger partial charge in [0.2, 0.25) is 0 Å². The van der Waals surface area contributed by atoms with Crippen LogP contribution >= 0.6 is 12.2 Å². The Bertz CT molecular complexity index is 1130. The van der Waals surface area contributed by atoms with Gasteiger partial charge in [-0.05, 0) is 50.2 Å². The number of nitrogens with zero attached hydrogens (tertiary/aromatic N) is 4. The fourth-order valence-electron chi connectivity index (χ4n) is 3.13. The molecule has 0 atom stereocenters. The summed E-state index contributed by atoms with van der Waals surface area (Å²) in [6, 6.07) is 5.11. The van der Waals surface area contributed by atoms with E-state index in [-0.39, 0.29) is 17.8 Å². The molecule has 2 N–H and O–H groups in total. The summed E-state index contributed by atoms with van der Waals surface area (Å²) in [5.74, 6) is 0.241. The Labute approximate surface area is 168 Å². The summed E-state index contributed by atoms with van der Waals surface area (Å²) in [6.07, 6.45) is -1.07. The molecule has 1 aliphatic rings. The van der Waals surface area contributed by atoms with Crippen molar-refractivity contribution in [3.63, 3.8) is 0 Å². The molecule has 1 aliphatic carbocycles. The Hall–Kier alpha value is -2.95. The van der Waals surface area contributed by atoms with Gasteiger partial charge < -0.3 is 5.32 Å². The van der Waals surface area contributed by atoms with Crippen LogP contribution in [0.15, 0.2) is 30.5 Å². The van der Waals surface area contributed by atoms with E-state index in [9.17, 15) is 18.0 Å². The number of alkyl halides is 3. The summed E-state index contributed by atoms with van der Waals surface area (Å²) in [5, 5.41) is 13.7. The van der Waals surface area contributed by atoms with Crippen LogP contribution in [0.25, 0.3) is 5.69 Å². The Morgan fingerprint density at radius 1 is 1.38 bits per heavy atom. The van der Waals surface area contributed by atoms with Crippen LogP contribution < -0.4 is 5.32 Å². The first kappa shape index (κ1) is 19.4. The largest absolute Gasteiger partial charge is 0.416 e. The minimum Gasteiger partial charge on any atom is -0.345 e. The van der Waals surface area contributed by atoms with E-state index in [2.05, 4.69) is 20.6 Å². The van der Waals surface area contributed by atoms with E-state index in [1.165, 1.54) is 23.0 Å². The van der Waals surface area contributed by atoms with E-state index in [0.29, 0.717) is 22.3 Å². The lowest BCUT2D eigenvalue weighted by Crippen LogP contribution is -2.25. The van der Waals surface area contributed by atoms with Gasteiger partial charge in [0.15, 0.2) is 10.6 Å². The monoisotopic (exact) mass is 422 g/mol. The standard InChI is InChI=1S/C18H17F3N6OS/c1-10-14(8-23-27(10)13-4-2-3-11(7-13)18(19,20)21)16(28)22-9-15-24-25-17(29)26(15)12-5-6-12/h2-4,7-8,12H,5-6,9H2,1H3,(H,22,28)(H,25,29). The number of hydrogen-bond acceptors (Lipinski definition) is 4. The molecule has 1 aromatic carbocycles. The lowest BCUT2D eigenvalue weighted by atomic mass is 10.2. The number of hydrogen-bond donors (Lipinski definition) is 2. The number of aromatic amines is 1. The molecule has 1 amide bonds. The van der Waals surface area contributed by atoms with Crippen LogP contribution in [0.2, 0.25) is 0 Å². The van der Waals surface area contributed by atoms with Crippen LogP contribution in [-0.4, -0.2) is 30.5 Å². The highest BCUT2D eigenvalue weighted by molar-refractivity contribution is 7.71. The molecule has 0 aliphatic heterocycles. The fourth-order valence-corrected chi connectivity index (χ4v) is 3.43. The van der Waals surface area contributed by atoms with Crippen LogP contribution in [0.1, 0.15) is 46.3 Å². The molecule has 29 heavy (non-hydrogen) atoms. The second kappa shape index (κ2) is 7.14. The van der Waals surface area contributed by atoms with Crippen LogP contribution in [-0.2, 0) is 12.7 Å². The lowest BCUT2D eigenvalue weighted by molar-refractivity contribution is -0.137. The number of carbonyl (C=O) groups is 1. The highest BCUT2D eigenvalue weighted by Gasteiger charge is 2.31. The second-order valence-electron chi connectivity index (χ2n) is 6.83. The Balaban J connectivity index is 1.53. The summed E-state index contributed by atoms with van der Waals surface area (Å²) < 4.78 is 42.6. The zero-order chi connectivity index (χ0) is 20.8. The molecule has 2 aromatic heterocycles. The maximum atomic E-state index is 13.0. The van der Waals surface area contributed by atoms with E-state index < -0.39 is 17.6 Å². The number of benzene rings is 1. The molecular weight excluding hydrogens is 405 g/mol. The van der Waals surface area contributed by atoms with Gasteiger partial charge in [0.1, 0.15) is 0 Å². The molecule has 0 unspecified atom stereocenters. The molecule has 1 saturated carbocycles. The zero-order valence-electron chi connectivity index (χ0n) is 15.3. The van der Waals surface area contributed by atoms with Gasteiger partial charge >= 0.3 is 6.18 Å². The number of aromatic nitrogens is 5. The van der Waals surface area contributed by atoms with Crippen molar-refractivity contribution in [2.75, 3.05) is 0 Å². The average molecular weight is 422 g/mol. The predicted octanol–water partition coefficient (Wildman–Crippen LogP) is 3.72. The maximum Gasteiger partial charge on any atom is 0.416 e. The number of amides is 1. The van der Waals surface area contributed by atoms with Crippen molar-refractivity contribution < 1.29 is 18.0 Å². The van der Waals surface area contributed by atoms with Gasteiger partial charge in [-0.25, -0.2) is 4.68 Å². The molecule has 0 saturated heterocycles. The van der Waals surface area contributed by atoms with Gasteiger partial charge in [-0.1, -0.05) is 6.07 Å². The molecule has 3 aromatic rings. The first-order valence-electron chi connectivity index (χ1n) is 8.92. The first-order valence-corrected chi connectivity index (χ1v) is 9.33. The van der Waals surface area contributed by atoms with Gasteiger partial charge in [0.25, 0.3) is 5.91 Å². The third-order valence-electron chi connectivity index (χ3n) is 4.77. The van der Waals surface area contributed by atoms with E-state index >= 15 is 0 Å². The number of rotatable bonds is 5. The minimum atomic E-state index is -4.46. The zero-order valence-corrected chi connectivity index (χ0v) is 16.1. The fraction of sp³-hybridized carbons (Fsp3) is 0.333. The molecule has 2 heterocycles. The van der Waals surface area contributed by atoms with Crippen molar-refractivity contribution in [3.8, 4) is 5.69 Å².